The van der Waals surface area contributed by atoms with E-state index in [0.717, 1.165) is 6.42 Å². The van der Waals surface area contributed by atoms with E-state index in [9.17, 15) is 9.18 Å². The number of benzene rings is 1. The summed E-state index contributed by atoms with van der Waals surface area (Å²) in [6.45, 7) is 1.96. The van der Waals surface area contributed by atoms with E-state index in [1.54, 1.807) is 17.4 Å². The normalized spacial score (nSPS) is 12.5. The molecule has 6 heteroatoms. The Balaban J connectivity index is 1.78. The van der Waals surface area contributed by atoms with E-state index in [1.807, 2.05) is 24.4 Å². The zero-order valence-electron chi connectivity index (χ0n) is 11.7. The van der Waals surface area contributed by atoms with Crippen molar-refractivity contribution in [1.29, 1.82) is 0 Å². The lowest BCUT2D eigenvalue weighted by molar-refractivity contribution is 0.0944. The molecule has 0 radical (unpaired) electrons. The van der Waals surface area contributed by atoms with Crippen molar-refractivity contribution in [2.45, 2.75) is 19.4 Å². The van der Waals surface area contributed by atoms with Crippen LogP contribution in [0.25, 0.3) is 10.1 Å². The molecular formula is C16H13ClFNOS2. The lowest BCUT2D eigenvalue weighted by atomic mass is 10.2. The Kier molecular flexibility index (Phi) is 4.47. The van der Waals surface area contributed by atoms with Gasteiger partial charge in [0.25, 0.3) is 5.91 Å². The number of thiophene rings is 2. The van der Waals surface area contributed by atoms with Crippen molar-refractivity contribution in [1.82, 2.24) is 5.32 Å². The minimum Gasteiger partial charge on any atom is -0.348 e. The van der Waals surface area contributed by atoms with E-state index < -0.39 is 0 Å². The molecule has 0 aliphatic carbocycles. The number of hydrogen-bond acceptors (Lipinski definition) is 3. The molecule has 0 aliphatic heterocycles. The van der Waals surface area contributed by atoms with Crippen LogP contribution in [-0.4, -0.2) is 11.9 Å². The molecule has 3 rings (SSSR count). The molecule has 2 heterocycles. The van der Waals surface area contributed by atoms with Gasteiger partial charge in [-0.1, -0.05) is 17.7 Å². The molecular weight excluding hydrogens is 341 g/mol. The van der Waals surface area contributed by atoms with Crippen LogP contribution >= 0.6 is 34.3 Å². The van der Waals surface area contributed by atoms with Crippen LogP contribution in [0.1, 0.15) is 21.5 Å². The molecule has 0 bridgehead atoms. The number of halogens is 2. The lowest BCUT2D eigenvalue weighted by Gasteiger charge is -2.12. The summed E-state index contributed by atoms with van der Waals surface area (Å²) in [5.41, 5.74) is 0. The fraction of sp³-hybridized carbons (Fsp3) is 0.188. The first kappa shape index (κ1) is 15.5. The number of amides is 1. The van der Waals surface area contributed by atoms with Gasteiger partial charge in [0.05, 0.1) is 5.02 Å². The Labute approximate surface area is 140 Å². The summed E-state index contributed by atoms with van der Waals surface area (Å²) >= 11 is 9.14. The highest BCUT2D eigenvalue weighted by atomic mass is 35.5. The molecule has 0 saturated carbocycles. The van der Waals surface area contributed by atoms with Gasteiger partial charge in [-0.05, 0) is 36.6 Å². The highest BCUT2D eigenvalue weighted by molar-refractivity contribution is 7.21. The molecule has 0 aliphatic rings. The van der Waals surface area contributed by atoms with Crippen molar-refractivity contribution in [2.24, 2.45) is 0 Å². The van der Waals surface area contributed by atoms with Crippen LogP contribution in [0.4, 0.5) is 4.39 Å². The first-order chi connectivity index (χ1) is 10.5. The molecule has 0 fully saturated rings. The van der Waals surface area contributed by atoms with Gasteiger partial charge >= 0.3 is 0 Å². The van der Waals surface area contributed by atoms with Crippen LogP contribution in [0, 0.1) is 5.82 Å². The second-order valence-corrected chi connectivity index (χ2v) is 7.51. The molecule has 0 spiro atoms. The van der Waals surface area contributed by atoms with Crippen molar-refractivity contribution in [3.63, 3.8) is 0 Å². The molecule has 1 N–H and O–H groups in total. The number of hydrogen-bond donors (Lipinski definition) is 1. The summed E-state index contributed by atoms with van der Waals surface area (Å²) in [5.74, 6) is -0.542. The first-order valence-electron chi connectivity index (χ1n) is 6.75. The third-order valence-corrected chi connectivity index (χ3v) is 5.82. The number of carbonyl (C=O) groups is 1. The van der Waals surface area contributed by atoms with Gasteiger partial charge in [-0.2, -0.15) is 0 Å². The summed E-state index contributed by atoms with van der Waals surface area (Å²) in [5, 5.41) is 6.07. The predicted molar refractivity (Wildman–Crippen MR) is 91.7 cm³/mol. The van der Waals surface area contributed by atoms with Gasteiger partial charge in [0.1, 0.15) is 10.7 Å². The van der Waals surface area contributed by atoms with Gasteiger partial charge < -0.3 is 5.32 Å². The zero-order valence-corrected chi connectivity index (χ0v) is 14.1. The maximum atomic E-state index is 13.3. The molecule has 1 unspecified atom stereocenters. The van der Waals surface area contributed by atoms with Gasteiger partial charge in [0, 0.05) is 27.4 Å². The molecule has 1 amide bonds. The summed E-state index contributed by atoms with van der Waals surface area (Å²) in [4.78, 5) is 14.0. The molecule has 1 atom stereocenters. The van der Waals surface area contributed by atoms with Gasteiger partial charge in [0.2, 0.25) is 0 Å². The molecule has 0 saturated heterocycles. The van der Waals surface area contributed by atoms with Crippen molar-refractivity contribution in [3.05, 3.63) is 56.3 Å². The number of carbonyl (C=O) groups excluding carboxylic acids is 1. The Morgan fingerprint density at radius 3 is 2.95 bits per heavy atom. The zero-order chi connectivity index (χ0) is 15.7. The Bertz CT molecular complexity index is 813. The summed E-state index contributed by atoms with van der Waals surface area (Å²) in [6, 6.07) is 8.40. The number of nitrogens with one attached hydrogen (secondary N) is 1. The summed E-state index contributed by atoms with van der Waals surface area (Å²) in [7, 11) is 0. The number of fused-ring (bicyclic) bond motifs is 1. The minimum atomic E-state index is -0.330. The Morgan fingerprint density at radius 2 is 2.23 bits per heavy atom. The molecule has 2 nitrogen and oxygen atoms in total. The van der Waals surface area contributed by atoms with Gasteiger partial charge in [-0.15, -0.1) is 22.7 Å². The van der Waals surface area contributed by atoms with Crippen LogP contribution in [0.15, 0.2) is 35.7 Å². The smallest absolute Gasteiger partial charge is 0.263 e. The SMILES string of the molecule is CC(Cc1cccs1)NC(=O)c1sc2cc(F)ccc2c1Cl. The van der Waals surface area contributed by atoms with Crippen LogP contribution in [-0.2, 0) is 6.42 Å². The predicted octanol–water partition coefficient (Wildman–Crippen LogP) is 5.12. The Morgan fingerprint density at radius 1 is 1.41 bits per heavy atom. The van der Waals surface area contributed by atoms with Crippen LogP contribution in [0.3, 0.4) is 0 Å². The highest BCUT2D eigenvalue weighted by Crippen LogP contribution is 2.35. The third kappa shape index (κ3) is 3.16. The molecule has 2 aromatic heterocycles. The summed E-state index contributed by atoms with van der Waals surface area (Å²) < 4.78 is 13.9. The number of rotatable bonds is 4. The van der Waals surface area contributed by atoms with Crippen molar-refractivity contribution in [3.8, 4) is 0 Å². The topological polar surface area (TPSA) is 29.1 Å². The molecule has 114 valence electrons. The van der Waals surface area contributed by atoms with E-state index in [2.05, 4.69) is 5.32 Å². The van der Waals surface area contributed by atoms with Crippen molar-refractivity contribution >= 4 is 50.3 Å². The summed E-state index contributed by atoms with van der Waals surface area (Å²) in [6.07, 6.45) is 0.778. The molecule has 22 heavy (non-hydrogen) atoms. The first-order valence-corrected chi connectivity index (χ1v) is 8.83. The third-order valence-electron chi connectivity index (χ3n) is 3.26. The minimum absolute atomic E-state index is 0.00386. The fourth-order valence-electron chi connectivity index (χ4n) is 2.26. The van der Waals surface area contributed by atoms with E-state index >= 15 is 0 Å². The molecule has 1 aromatic carbocycles. The monoisotopic (exact) mass is 353 g/mol. The van der Waals surface area contributed by atoms with Gasteiger partial charge in [0.15, 0.2) is 0 Å². The lowest BCUT2D eigenvalue weighted by Crippen LogP contribution is -2.33. The van der Waals surface area contributed by atoms with E-state index in [1.165, 1.54) is 28.3 Å². The van der Waals surface area contributed by atoms with Crippen molar-refractivity contribution in [2.75, 3.05) is 0 Å². The van der Waals surface area contributed by atoms with E-state index in [0.29, 0.717) is 20.0 Å². The standard InChI is InChI=1S/C16H13ClFNOS2/c1-9(7-11-3-2-6-21-11)19-16(20)15-14(17)12-5-4-10(18)8-13(12)22-15/h2-6,8-9H,7H2,1H3,(H,19,20). The quantitative estimate of drug-likeness (QED) is 0.693. The molecule has 3 aromatic rings. The highest BCUT2D eigenvalue weighted by Gasteiger charge is 2.19. The maximum Gasteiger partial charge on any atom is 0.263 e. The average molecular weight is 354 g/mol. The van der Waals surface area contributed by atoms with E-state index in [-0.39, 0.29) is 17.8 Å². The Hall–Kier alpha value is -1.43. The van der Waals surface area contributed by atoms with Gasteiger partial charge in [-0.25, -0.2) is 4.39 Å². The van der Waals surface area contributed by atoms with Crippen LogP contribution < -0.4 is 5.32 Å². The van der Waals surface area contributed by atoms with Gasteiger partial charge in [-0.3, -0.25) is 4.79 Å². The maximum absolute atomic E-state index is 13.3. The largest absolute Gasteiger partial charge is 0.348 e. The average Bonchev–Trinajstić information content (AvgIpc) is 3.07. The van der Waals surface area contributed by atoms with Crippen LogP contribution in [0.5, 0.6) is 0 Å². The second kappa shape index (κ2) is 6.36. The second-order valence-electron chi connectivity index (χ2n) is 5.04. The van der Waals surface area contributed by atoms with Crippen molar-refractivity contribution < 1.29 is 9.18 Å². The fourth-order valence-corrected chi connectivity index (χ4v) is 4.54. The van der Waals surface area contributed by atoms with Crippen LogP contribution in [0.2, 0.25) is 5.02 Å². The van der Waals surface area contributed by atoms with E-state index in [4.69, 9.17) is 11.6 Å².